The number of hydrogen-bond donors (Lipinski definition) is 2. The summed E-state index contributed by atoms with van der Waals surface area (Å²) < 4.78 is 10.7. The van der Waals surface area contributed by atoms with Crippen LogP contribution in [0.4, 0.5) is 5.69 Å². The van der Waals surface area contributed by atoms with Crippen molar-refractivity contribution in [3.8, 4) is 0 Å². The van der Waals surface area contributed by atoms with Crippen LogP contribution in [0.1, 0.15) is 57.9 Å². The topological polar surface area (TPSA) is 134 Å². The van der Waals surface area contributed by atoms with Crippen molar-refractivity contribution in [1.82, 2.24) is 5.32 Å². The molecule has 1 unspecified atom stereocenters. The van der Waals surface area contributed by atoms with Gasteiger partial charge in [-0.3, -0.25) is 10.1 Å². The Hall–Kier alpha value is -3.36. The number of hydrogen-bond acceptors (Lipinski definition) is 8. The maximum Gasteiger partial charge on any atom is 0.338 e. The average molecular weight is 431 g/mol. The van der Waals surface area contributed by atoms with Gasteiger partial charge in [-0.05, 0) is 19.8 Å². The molecule has 0 fully saturated rings. The highest BCUT2D eigenvalue weighted by Gasteiger charge is 2.41. The molecule has 1 aliphatic heterocycles. The number of carbonyl (C=O) groups is 2. The molecule has 0 saturated heterocycles. The molecule has 1 atom stereocenters. The van der Waals surface area contributed by atoms with Gasteiger partial charge in [0, 0.05) is 17.3 Å². The van der Waals surface area contributed by atoms with E-state index in [1.807, 2.05) is 13.8 Å². The molecule has 1 aromatic carbocycles. The SMILES string of the molecule is CCCCOC(=O)C1=C(C)NC(N)=C(C(=O)OCCCC)C1c1ccccc1[N+](=O)[O-]. The predicted molar refractivity (Wildman–Crippen MR) is 115 cm³/mol. The Morgan fingerprint density at radius 1 is 1.06 bits per heavy atom. The molecule has 0 aromatic heterocycles. The van der Waals surface area contributed by atoms with E-state index >= 15 is 0 Å². The minimum Gasteiger partial charge on any atom is -0.462 e. The number of rotatable bonds is 10. The summed E-state index contributed by atoms with van der Waals surface area (Å²) in [4.78, 5) is 37.1. The molecule has 31 heavy (non-hydrogen) atoms. The number of dihydropyridines is 1. The zero-order chi connectivity index (χ0) is 23.0. The molecule has 0 radical (unpaired) electrons. The van der Waals surface area contributed by atoms with Crippen molar-refractivity contribution in [2.75, 3.05) is 13.2 Å². The maximum atomic E-state index is 13.0. The molecule has 0 aliphatic carbocycles. The van der Waals surface area contributed by atoms with E-state index in [2.05, 4.69) is 5.32 Å². The molecule has 3 N–H and O–H groups in total. The number of para-hydroxylation sites is 1. The van der Waals surface area contributed by atoms with Crippen molar-refractivity contribution in [2.45, 2.75) is 52.4 Å². The van der Waals surface area contributed by atoms with Gasteiger partial charge in [-0.2, -0.15) is 0 Å². The van der Waals surface area contributed by atoms with Gasteiger partial charge in [0.25, 0.3) is 5.69 Å². The Balaban J connectivity index is 2.59. The van der Waals surface area contributed by atoms with Gasteiger partial charge in [-0.25, -0.2) is 9.59 Å². The van der Waals surface area contributed by atoms with Crippen LogP contribution < -0.4 is 11.1 Å². The van der Waals surface area contributed by atoms with Gasteiger partial charge in [0.2, 0.25) is 0 Å². The number of benzene rings is 1. The third-order valence-electron chi connectivity index (χ3n) is 4.94. The van der Waals surface area contributed by atoms with Crippen LogP contribution in [-0.4, -0.2) is 30.1 Å². The van der Waals surface area contributed by atoms with Crippen molar-refractivity contribution < 1.29 is 24.0 Å². The first-order valence-corrected chi connectivity index (χ1v) is 10.4. The summed E-state index contributed by atoms with van der Waals surface area (Å²) in [7, 11) is 0. The van der Waals surface area contributed by atoms with E-state index < -0.39 is 22.8 Å². The minimum absolute atomic E-state index is 0.00717. The molecule has 1 aliphatic rings. The number of ether oxygens (including phenoxy) is 2. The molecule has 0 spiro atoms. The van der Waals surface area contributed by atoms with E-state index in [9.17, 15) is 19.7 Å². The normalized spacial score (nSPS) is 16.0. The van der Waals surface area contributed by atoms with E-state index in [1.54, 1.807) is 13.0 Å². The van der Waals surface area contributed by atoms with Gasteiger partial charge < -0.3 is 20.5 Å². The monoisotopic (exact) mass is 431 g/mol. The maximum absolute atomic E-state index is 13.0. The zero-order valence-corrected chi connectivity index (χ0v) is 18.1. The Labute approximate surface area is 181 Å². The van der Waals surface area contributed by atoms with Gasteiger partial charge in [0.15, 0.2) is 0 Å². The van der Waals surface area contributed by atoms with Crippen LogP contribution in [0.3, 0.4) is 0 Å². The van der Waals surface area contributed by atoms with Gasteiger partial charge in [-0.1, -0.05) is 44.9 Å². The van der Waals surface area contributed by atoms with Crippen molar-refractivity contribution in [1.29, 1.82) is 0 Å². The number of esters is 2. The molecule has 0 saturated carbocycles. The smallest absolute Gasteiger partial charge is 0.338 e. The summed E-state index contributed by atoms with van der Waals surface area (Å²) in [6, 6.07) is 5.96. The van der Waals surface area contributed by atoms with E-state index in [0.29, 0.717) is 18.5 Å². The highest BCUT2D eigenvalue weighted by atomic mass is 16.6. The molecule has 2 rings (SSSR count). The van der Waals surface area contributed by atoms with Gasteiger partial charge in [-0.15, -0.1) is 0 Å². The van der Waals surface area contributed by atoms with Crippen LogP contribution in [0.15, 0.2) is 46.9 Å². The number of nitrogens with one attached hydrogen (secondary N) is 1. The molecule has 9 nitrogen and oxygen atoms in total. The van der Waals surface area contributed by atoms with E-state index in [0.717, 1.165) is 12.8 Å². The summed E-state index contributed by atoms with van der Waals surface area (Å²) in [5.74, 6) is -2.49. The Kier molecular flexibility index (Phi) is 8.60. The van der Waals surface area contributed by atoms with Crippen LogP contribution in [0.2, 0.25) is 0 Å². The zero-order valence-electron chi connectivity index (χ0n) is 18.1. The van der Waals surface area contributed by atoms with Crippen LogP contribution in [-0.2, 0) is 19.1 Å². The lowest BCUT2D eigenvalue weighted by atomic mass is 9.80. The molecule has 0 amide bonds. The summed E-state index contributed by atoms with van der Waals surface area (Å²) in [6.07, 6.45) is 2.98. The van der Waals surface area contributed by atoms with E-state index in [4.69, 9.17) is 15.2 Å². The van der Waals surface area contributed by atoms with Crippen LogP contribution >= 0.6 is 0 Å². The number of nitro groups is 1. The van der Waals surface area contributed by atoms with Crippen LogP contribution in [0.25, 0.3) is 0 Å². The van der Waals surface area contributed by atoms with Crippen molar-refractivity contribution in [2.24, 2.45) is 5.73 Å². The standard InChI is InChI=1S/C22H29N3O6/c1-4-6-12-30-21(26)17-14(3)24-20(23)19(22(27)31-13-7-5-2)18(17)15-10-8-9-11-16(15)25(28)29/h8-11,18,24H,4-7,12-13,23H2,1-3H3. The summed E-state index contributed by atoms with van der Waals surface area (Å²) in [6.45, 7) is 5.91. The summed E-state index contributed by atoms with van der Waals surface area (Å²) in [5, 5.41) is 14.5. The molecule has 9 heteroatoms. The fraction of sp³-hybridized carbons (Fsp3) is 0.455. The first kappa shape index (κ1) is 23.9. The Bertz CT molecular complexity index is 862. The third kappa shape index (κ3) is 5.62. The van der Waals surface area contributed by atoms with Gasteiger partial charge in [0.1, 0.15) is 5.82 Å². The molecule has 0 bridgehead atoms. The van der Waals surface area contributed by atoms with Crippen molar-refractivity contribution in [3.05, 3.63) is 62.6 Å². The number of allylic oxidation sites excluding steroid dienone is 1. The molecular formula is C22H29N3O6. The molecule has 1 heterocycles. The summed E-state index contributed by atoms with van der Waals surface area (Å²) >= 11 is 0. The van der Waals surface area contributed by atoms with Crippen molar-refractivity contribution in [3.63, 3.8) is 0 Å². The van der Waals surface area contributed by atoms with Gasteiger partial charge in [0.05, 0.1) is 35.2 Å². The quantitative estimate of drug-likeness (QED) is 0.249. The minimum atomic E-state index is -1.09. The molecule has 1 aromatic rings. The average Bonchev–Trinajstić information content (AvgIpc) is 2.73. The fourth-order valence-electron chi connectivity index (χ4n) is 3.33. The predicted octanol–water partition coefficient (Wildman–Crippen LogP) is 3.41. The second kappa shape index (κ2) is 11.1. The number of nitrogens with zero attached hydrogens (tertiary/aromatic N) is 1. The second-order valence-corrected chi connectivity index (χ2v) is 7.22. The van der Waals surface area contributed by atoms with Gasteiger partial charge >= 0.3 is 11.9 Å². The second-order valence-electron chi connectivity index (χ2n) is 7.22. The number of nitro benzene ring substituents is 1. The van der Waals surface area contributed by atoms with Crippen molar-refractivity contribution >= 4 is 17.6 Å². The Morgan fingerprint density at radius 3 is 2.16 bits per heavy atom. The lowest BCUT2D eigenvalue weighted by Gasteiger charge is -2.29. The Morgan fingerprint density at radius 2 is 1.61 bits per heavy atom. The molecular weight excluding hydrogens is 402 g/mol. The lowest BCUT2D eigenvalue weighted by Crippen LogP contribution is -2.36. The number of nitrogens with two attached hydrogens (primary N) is 1. The first-order chi connectivity index (χ1) is 14.8. The van der Waals surface area contributed by atoms with Crippen LogP contribution in [0.5, 0.6) is 0 Å². The third-order valence-corrected chi connectivity index (χ3v) is 4.94. The number of unbranched alkanes of at least 4 members (excludes halogenated alkanes) is 2. The van der Waals surface area contributed by atoms with Crippen LogP contribution in [0, 0.1) is 10.1 Å². The largest absolute Gasteiger partial charge is 0.462 e. The summed E-state index contributed by atoms with van der Waals surface area (Å²) in [5.41, 5.74) is 6.49. The highest BCUT2D eigenvalue weighted by molar-refractivity contribution is 6.00. The lowest BCUT2D eigenvalue weighted by molar-refractivity contribution is -0.385. The van der Waals surface area contributed by atoms with E-state index in [-0.39, 0.29) is 41.4 Å². The molecule has 168 valence electrons. The highest BCUT2D eigenvalue weighted by Crippen LogP contribution is 2.41. The number of carbonyl (C=O) groups excluding carboxylic acids is 2. The van der Waals surface area contributed by atoms with E-state index in [1.165, 1.54) is 18.2 Å². The first-order valence-electron chi connectivity index (χ1n) is 10.4. The fourth-order valence-corrected chi connectivity index (χ4v) is 3.33.